The summed E-state index contributed by atoms with van der Waals surface area (Å²) in [4.78, 5) is 0. The molecule has 0 fully saturated rings. The van der Waals surface area contributed by atoms with E-state index in [-0.39, 0.29) is 0 Å². The highest BCUT2D eigenvalue weighted by Gasteiger charge is 2.22. The molecule has 0 radical (unpaired) electrons. The molecule has 0 rings (SSSR count). The van der Waals surface area contributed by atoms with Gasteiger partial charge in [-0.15, -0.1) is 0 Å². The predicted octanol–water partition coefficient (Wildman–Crippen LogP) is 8.54. The molecule has 2 unspecified atom stereocenters. The Kier molecular flexibility index (Phi) is 14.6. The number of hydrogen-bond donors (Lipinski definition) is 0. The van der Waals surface area contributed by atoms with Crippen LogP contribution in [0.15, 0.2) is 0 Å². The van der Waals surface area contributed by atoms with Crippen molar-refractivity contribution in [2.45, 2.75) is 131 Å². The van der Waals surface area contributed by atoms with Gasteiger partial charge in [0.15, 0.2) is 0 Å². The second-order valence-corrected chi connectivity index (χ2v) is 8.22. The summed E-state index contributed by atoms with van der Waals surface area (Å²) in [7, 11) is 0. The molecule has 0 aliphatic carbocycles. The molecule has 0 N–H and O–H groups in total. The van der Waals surface area contributed by atoms with Crippen molar-refractivity contribution >= 4 is 0 Å². The Morgan fingerprint density at radius 3 is 1.68 bits per heavy atom. The van der Waals surface area contributed by atoms with E-state index >= 15 is 0 Å². The maximum atomic E-state index is 2.58. The predicted molar refractivity (Wildman–Crippen MR) is 104 cm³/mol. The summed E-state index contributed by atoms with van der Waals surface area (Å²) in [5, 5.41) is 0. The lowest BCUT2D eigenvalue weighted by molar-refractivity contribution is 0.223. The molecule has 0 bridgehead atoms. The van der Waals surface area contributed by atoms with Crippen LogP contribution in [0.4, 0.5) is 0 Å². The molecule has 0 aromatic rings. The monoisotopic (exact) mass is 310 g/mol. The first-order valence-corrected chi connectivity index (χ1v) is 10.6. The lowest BCUT2D eigenvalue weighted by atomic mass is 9.76. The molecule has 0 spiro atoms. The topological polar surface area (TPSA) is 0 Å². The van der Waals surface area contributed by atoms with E-state index in [1.54, 1.807) is 0 Å². The third-order valence-corrected chi connectivity index (χ3v) is 5.55. The summed E-state index contributed by atoms with van der Waals surface area (Å²) in [5.41, 5.74) is 0.635. The molecule has 0 aromatic heterocycles. The van der Waals surface area contributed by atoms with Gasteiger partial charge in [0.1, 0.15) is 0 Å². The first-order chi connectivity index (χ1) is 10.6. The summed E-state index contributed by atoms with van der Waals surface area (Å²) in [6.07, 6.45) is 21.5. The number of unbranched alkanes of at least 4 members (excludes halogenated alkanes) is 6. The van der Waals surface area contributed by atoms with Crippen LogP contribution in [0.1, 0.15) is 131 Å². The fourth-order valence-electron chi connectivity index (χ4n) is 3.70. The number of rotatable bonds is 16. The molecule has 0 aromatic carbocycles. The normalized spacial score (nSPS) is 15.7. The molecule has 0 saturated heterocycles. The van der Waals surface area contributed by atoms with Crippen LogP contribution < -0.4 is 0 Å². The van der Waals surface area contributed by atoms with E-state index in [1.165, 1.54) is 96.3 Å². The summed E-state index contributed by atoms with van der Waals surface area (Å²) >= 11 is 0. The van der Waals surface area contributed by atoms with Crippen LogP contribution in [0.5, 0.6) is 0 Å². The van der Waals surface area contributed by atoms with E-state index in [0.717, 1.165) is 5.92 Å². The Morgan fingerprint density at radius 2 is 1.09 bits per heavy atom. The van der Waals surface area contributed by atoms with Gasteiger partial charge in [-0.2, -0.15) is 0 Å². The van der Waals surface area contributed by atoms with Gasteiger partial charge in [0, 0.05) is 0 Å². The molecule has 22 heavy (non-hydrogen) atoms. The van der Waals surface area contributed by atoms with Crippen molar-refractivity contribution in [3.63, 3.8) is 0 Å². The SMILES string of the molecule is CCCCCCC(C)(CCCC)CCCCC(C)CCCC. The fourth-order valence-corrected chi connectivity index (χ4v) is 3.70. The molecular weight excluding hydrogens is 264 g/mol. The minimum atomic E-state index is 0.635. The van der Waals surface area contributed by atoms with Gasteiger partial charge in [-0.05, 0) is 30.6 Å². The zero-order valence-electron chi connectivity index (χ0n) is 16.7. The first kappa shape index (κ1) is 22.0. The van der Waals surface area contributed by atoms with E-state index in [2.05, 4.69) is 34.6 Å². The van der Waals surface area contributed by atoms with E-state index in [4.69, 9.17) is 0 Å². The first-order valence-electron chi connectivity index (χ1n) is 10.6. The maximum absolute atomic E-state index is 2.58. The average molecular weight is 311 g/mol. The van der Waals surface area contributed by atoms with Crippen molar-refractivity contribution in [1.82, 2.24) is 0 Å². The van der Waals surface area contributed by atoms with Gasteiger partial charge in [-0.25, -0.2) is 0 Å². The van der Waals surface area contributed by atoms with Crippen LogP contribution in [-0.2, 0) is 0 Å². The van der Waals surface area contributed by atoms with Crippen LogP contribution in [0.3, 0.4) is 0 Å². The van der Waals surface area contributed by atoms with E-state index in [9.17, 15) is 0 Å². The zero-order chi connectivity index (χ0) is 16.7. The standard InChI is InChI=1S/C22H46/c1-6-9-12-14-19-22(5,18-11-8-3)20-15-13-17-21(4)16-10-7-2/h21H,6-20H2,1-5H3. The van der Waals surface area contributed by atoms with Crippen LogP contribution in [0.2, 0.25) is 0 Å². The Labute approximate surface area is 142 Å². The highest BCUT2D eigenvalue weighted by atomic mass is 14.3. The molecule has 0 heteroatoms. The number of hydrogen-bond acceptors (Lipinski definition) is 0. The summed E-state index contributed by atoms with van der Waals surface area (Å²) in [5.74, 6) is 0.950. The van der Waals surface area contributed by atoms with Gasteiger partial charge in [-0.1, -0.05) is 112 Å². The molecule has 0 aliphatic rings. The van der Waals surface area contributed by atoms with E-state index in [0.29, 0.717) is 5.41 Å². The van der Waals surface area contributed by atoms with Gasteiger partial charge < -0.3 is 0 Å². The maximum Gasteiger partial charge on any atom is -0.0326 e. The second-order valence-electron chi connectivity index (χ2n) is 8.22. The Balaban J connectivity index is 3.95. The lowest BCUT2D eigenvalue weighted by Gasteiger charge is -2.30. The third-order valence-electron chi connectivity index (χ3n) is 5.55. The van der Waals surface area contributed by atoms with Crippen molar-refractivity contribution in [2.75, 3.05) is 0 Å². The lowest BCUT2D eigenvalue weighted by Crippen LogP contribution is -2.16. The molecule has 134 valence electrons. The van der Waals surface area contributed by atoms with Crippen molar-refractivity contribution in [3.8, 4) is 0 Å². The fraction of sp³-hybridized carbons (Fsp3) is 1.00. The molecule has 0 nitrogen and oxygen atoms in total. The average Bonchev–Trinajstić information content (AvgIpc) is 2.52. The molecule has 2 atom stereocenters. The molecule has 0 amide bonds. The second kappa shape index (κ2) is 14.6. The zero-order valence-corrected chi connectivity index (χ0v) is 16.7. The van der Waals surface area contributed by atoms with E-state index < -0.39 is 0 Å². The van der Waals surface area contributed by atoms with Gasteiger partial charge in [0.05, 0.1) is 0 Å². The van der Waals surface area contributed by atoms with E-state index in [1.807, 2.05) is 0 Å². The summed E-state index contributed by atoms with van der Waals surface area (Å²) < 4.78 is 0. The van der Waals surface area contributed by atoms with Crippen LogP contribution >= 0.6 is 0 Å². The quantitative estimate of drug-likeness (QED) is 0.250. The van der Waals surface area contributed by atoms with Crippen LogP contribution in [0, 0.1) is 11.3 Å². The molecule has 0 heterocycles. The minimum Gasteiger partial charge on any atom is -0.0654 e. The van der Waals surface area contributed by atoms with Gasteiger partial charge in [0.25, 0.3) is 0 Å². The highest BCUT2D eigenvalue weighted by molar-refractivity contribution is 4.75. The van der Waals surface area contributed by atoms with Gasteiger partial charge in [0.2, 0.25) is 0 Å². The third kappa shape index (κ3) is 12.5. The van der Waals surface area contributed by atoms with Gasteiger partial charge in [-0.3, -0.25) is 0 Å². The van der Waals surface area contributed by atoms with Crippen molar-refractivity contribution in [2.24, 2.45) is 11.3 Å². The molecule has 0 aliphatic heterocycles. The Bertz CT molecular complexity index is 220. The van der Waals surface area contributed by atoms with Gasteiger partial charge >= 0.3 is 0 Å². The van der Waals surface area contributed by atoms with Crippen LogP contribution in [-0.4, -0.2) is 0 Å². The van der Waals surface area contributed by atoms with Crippen molar-refractivity contribution in [1.29, 1.82) is 0 Å². The Morgan fingerprint density at radius 1 is 0.591 bits per heavy atom. The summed E-state index contributed by atoms with van der Waals surface area (Å²) in [6, 6.07) is 0. The molecular formula is C22H46. The van der Waals surface area contributed by atoms with Crippen molar-refractivity contribution < 1.29 is 0 Å². The van der Waals surface area contributed by atoms with Crippen molar-refractivity contribution in [3.05, 3.63) is 0 Å². The summed E-state index contributed by atoms with van der Waals surface area (Å²) in [6.45, 7) is 12.0. The minimum absolute atomic E-state index is 0.635. The smallest absolute Gasteiger partial charge is 0.0326 e. The molecule has 0 saturated carbocycles. The largest absolute Gasteiger partial charge is 0.0654 e. The highest BCUT2D eigenvalue weighted by Crippen LogP contribution is 2.36. The van der Waals surface area contributed by atoms with Crippen LogP contribution in [0.25, 0.3) is 0 Å². The Hall–Kier alpha value is 0.